The average molecular weight is 344 g/mol. The summed E-state index contributed by atoms with van der Waals surface area (Å²) in [5.41, 5.74) is 0.876. The molecule has 0 atom stereocenters. The molecular weight excluding hydrogens is 328 g/mol. The summed E-state index contributed by atoms with van der Waals surface area (Å²) >= 11 is 1.69. The van der Waals surface area contributed by atoms with Gasteiger partial charge in [-0.05, 0) is 17.1 Å². The molecule has 8 nitrogen and oxygen atoms in total. The van der Waals surface area contributed by atoms with E-state index in [0.717, 1.165) is 11.4 Å². The second kappa shape index (κ2) is 7.26. The summed E-state index contributed by atoms with van der Waals surface area (Å²) in [6, 6.07) is 10.1. The van der Waals surface area contributed by atoms with Crippen LogP contribution in [0, 0.1) is 17.0 Å². The molecule has 0 N–H and O–H groups in total. The molecule has 0 aliphatic rings. The minimum atomic E-state index is -0.427. The summed E-state index contributed by atoms with van der Waals surface area (Å²) in [6.45, 7) is 2.67. The first-order valence-electron chi connectivity index (χ1n) is 7.37. The molecule has 3 rings (SSSR count). The van der Waals surface area contributed by atoms with Crippen molar-refractivity contribution < 1.29 is 4.92 Å². The van der Waals surface area contributed by atoms with Crippen molar-refractivity contribution in [1.82, 2.24) is 24.5 Å². The number of aryl methyl sites for hydroxylation is 2. The minimum absolute atomic E-state index is 0.00697. The number of aromatic nitrogens is 5. The van der Waals surface area contributed by atoms with Crippen molar-refractivity contribution >= 4 is 17.6 Å². The van der Waals surface area contributed by atoms with Gasteiger partial charge >= 0.3 is 5.82 Å². The predicted molar refractivity (Wildman–Crippen MR) is 89.6 cm³/mol. The van der Waals surface area contributed by atoms with Crippen molar-refractivity contribution in [3.05, 3.63) is 64.4 Å². The lowest BCUT2D eigenvalue weighted by Gasteiger charge is -2.02. The van der Waals surface area contributed by atoms with Crippen molar-refractivity contribution in [2.75, 3.05) is 0 Å². The molecule has 0 saturated carbocycles. The first-order chi connectivity index (χ1) is 11.6. The van der Waals surface area contributed by atoms with Crippen LogP contribution in [0.5, 0.6) is 0 Å². The maximum absolute atomic E-state index is 11.0. The number of hydrogen-bond donors (Lipinski definition) is 0. The molecule has 0 fully saturated rings. The lowest BCUT2D eigenvalue weighted by atomic mass is 10.4. The van der Waals surface area contributed by atoms with Crippen molar-refractivity contribution in [1.29, 1.82) is 0 Å². The van der Waals surface area contributed by atoms with Crippen LogP contribution in [0.15, 0.2) is 47.6 Å². The van der Waals surface area contributed by atoms with Gasteiger partial charge in [-0.15, -0.1) is 16.9 Å². The maximum Gasteiger partial charge on any atom is 0.342 e. The van der Waals surface area contributed by atoms with Crippen LogP contribution in [0.2, 0.25) is 0 Å². The number of rotatable bonds is 7. The van der Waals surface area contributed by atoms with Gasteiger partial charge in [0.2, 0.25) is 0 Å². The van der Waals surface area contributed by atoms with E-state index in [4.69, 9.17) is 0 Å². The Kier molecular flexibility index (Phi) is 4.90. The van der Waals surface area contributed by atoms with Gasteiger partial charge in [0.05, 0.1) is 12.2 Å². The van der Waals surface area contributed by atoms with Crippen LogP contribution in [0.4, 0.5) is 5.82 Å². The van der Waals surface area contributed by atoms with Crippen molar-refractivity contribution in [3.63, 3.8) is 0 Å². The standard InChI is InChI=1S/C15H16N6O2S/c1-12-16-9-15(21(22)23)20(12)8-7-19-10-13(17-18-19)11-24-14-5-3-2-4-6-14/h2-6,9-10H,7-8,11H2,1H3. The Morgan fingerprint density at radius 3 is 2.79 bits per heavy atom. The van der Waals surface area contributed by atoms with Gasteiger partial charge < -0.3 is 10.1 Å². The fourth-order valence-corrected chi connectivity index (χ4v) is 3.07. The third-order valence-electron chi connectivity index (χ3n) is 3.49. The third-order valence-corrected chi connectivity index (χ3v) is 4.54. The van der Waals surface area contributed by atoms with Crippen LogP contribution in [-0.4, -0.2) is 29.5 Å². The van der Waals surface area contributed by atoms with Crippen molar-refractivity contribution in [2.45, 2.75) is 30.7 Å². The summed E-state index contributed by atoms with van der Waals surface area (Å²) < 4.78 is 3.27. The zero-order valence-electron chi connectivity index (χ0n) is 13.1. The van der Waals surface area contributed by atoms with E-state index in [9.17, 15) is 10.1 Å². The number of thioether (sulfide) groups is 1. The molecule has 9 heteroatoms. The average Bonchev–Trinajstić information content (AvgIpc) is 3.18. The number of imidazole rings is 1. The molecule has 3 aromatic rings. The van der Waals surface area contributed by atoms with Gasteiger partial charge in [-0.1, -0.05) is 23.4 Å². The van der Waals surface area contributed by atoms with Gasteiger partial charge in [0, 0.05) is 23.8 Å². The van der Waals surface area contributed by atoms with Crippen LogP contribution in [0.1, 0.15) is 11.5 Å². The molecule has 0 spiro atoms. The maximum atomic E-state index is 11.0. The minimum Gasteiger partial charge on any atom is -0.358 e. The smallest absolute Gasteiger partial charge is 0.342 e. The van der Waals surface area contributed by atoms with Gasteiger partial charge in [-0.3, -0.25) is 0 Å². The molecule has 0 aliphatic carbocycles. The highest BCUT2D eigenvalue weighted by molar-refractivity contribution is 7.98. The zero-order valence-corrected chi connectivity index (χ0v) is 13.9. The first-order valence-corrected chi connectivity index (χ1v) is 8.35. The Labute approximate surface area is 142 Å². The van der Waals surface area contributed by atoms with Crippen LogP contribution in [0.25, 0.3) is 0 Å². The lowest BCUT2D eigenvalue weighted by Crippen LogP contribution is -2.11. The number of nitrogens with zero attached hydrogens (tertiary/aromatic N) is 6. The van der Waals surface area contributed by atoms with Gasteiger partial charge in [-0.25, -0.2) is 14.2 Å². The fraction of sp³-hybridized carbons (Fsp3) is 0.267. The number of benzene rings is 1. The van der Waals surface area contributed by atoms with Gasteiger partial charge in [-0.2, -0.15) is 0 Å². The molecule has 0 amide bonds. The van der Waals surface area contributed by atoms with Crippen molar-refractivity contribution in [3.8, 4) is 0 Å². The molecule has 2 heterocycles. The molecule has 1 aromatic carbocycles. The Hall–Kier alpha value is -2.68. The van der Waals surface area contributed by atoms with Crippen molar-refractivity contribution in [2.24, 2.45) is 0 Å². The van der Waals surface area contributed by atoms with E-state index in [1.165, 1.54) is 11.1 Å². The Morgan fingerprint density at radius 2 is 2.04 bits per heavy atom. The molecule has 0 radical (unpaired) electrons. The van der Waals surface area contributed by atoms with Crippen LogP contribution < -0.4 is 0 Å². The zero-order chi connectivity index (χ0) is 16.9. The SMILES string of the molecule is Cc1ncc([N+](=O)[O-])n1CCn1cc(CSc2ccccc2)nn1. The largest absolute Gasteiger partial charge is 0.358 e. The first kappa shape index (κ1) is 16.2. The lowest BCUT2D eigenvalue weighted by molar-refractivity contribution is -0.392. The molecule has 124 valence electrons. The summed E-state index contributed by atoms with van der Waals surface area (Å²) in [6.07, 6.45) is 3.15. The number of hydrogen-bond acceptors (Lipinski definition) is 6. The van der Waals surface area contributed by atoms with Crippen LogP contribution in [0.3, 0.4) is 0 Å². The summed E-state index contributed by atoms with van der Waals surface area (Å²) in [7, 11) is 0. The van der Waals surface area contributed by atoms with Gasteiger partial charge in [0.1, 0.15) is 12.7 Å². The van der Waals surface area contributed by atoms with E-state index < -0.39 is 4.92 Å². The molecule has 0 aliphatic heterocycles. The van der Waals surface area contributed by atoms with E-state index in [1.54, 1.807) is 27.9 Å². The summed E-state index contributed by atoms with van der Waals surface area (Å²) in [4.78, 5) is 15.7. The normalized spacial score (nSPS) is 10.9. The molecular formula is C15H16N6O2S. The van der Waals surface area contributed by atoms with Crippen LogP contribution in [-0.2, 0) is 18.8 Å². The second-order valence-corrected chi connectivity index (χ2v) is 6.20. The number of nitro groups is 1. The molecule has 24 heavy (non-hydrogen) atoms. The highest BCUT2D eigenvalue weighted by Crippen LogP contribution is 2.21. The van der Waals surface area contributed by atoms with Gasteiger partial charge in [0.25, 0.3) is 0 Å². The predicted octanol–water partition coefficient (Wildman–Crippen LogP) is 2.68. The van der Waals surface area contributed by atoms with E-state index in [2.05, 4.69) is 27.4 Å². The van der Waals surface area contributed by atoms with E-state index in [-0.39, 0.29) is 5.82 Å². The Bertz CT molecular complexity index is 830. The second-order valence-electron chi connectivity index (χ2n) is 5.15. The quantitative estimate of drug-likeness (QED) is 0.372. The summed E-state index contributed by atoms with van der Waals surface area (Å²) in [5.74, 6) is 1.34. The van der Waals surface area contributed by atoms with Gasteiger partial charge in [0.15, 0.2) is 5.82 Å². The molecule has 0 bridgehead atoms. The molecule has 0 unspecified atom stereocenters. The molecule has 2 aromatic heterocycles. The summed E-state index contributed by atoms with van der Waals surface area (Å²) in [5, 5.41) is 19.2. The molecule has 0 saturated heterocycles. The topological polar surface area (TPSA) is 91.7 Å². The fourth-order valence-electron chi connectivity index (χ4n) is 2.27. The van der Waals surface area contributed by atoms with Crippen LogP contribution >= 0.6 is 11.8 Å². The highest BCUT2D eigenvalue weighted by Gasteiger charge is 2.17. The van der Waals surface area contributed by atoms with E-state index in [1.807, 2.05) is 24.4 Å². The van der Waals surface area contributed by atoms with E-state index in [0.29, 0.717) is 18.9 Å². The Morgan fingerprint density at radius 1 is 1.25 bits per heavy atom. The Balaban J connectivity index is 1.59. The monoisotopic (exact) mass is 344 g/mol. The third kappa shape index (κ3) is 3.80. The highest BCUT2D eigenvalue weighted by atomic mass is 32.2. The van der Waals surface area contributed by atoms with E-state index >= 15 is 0 Å².